The van der Waals surface area contributed by atoms with Crippen LogP contribution in [0.4, 0.5) is 0 Å². The van der Waals surface area contributed by atoms with E-state index in [1.807, 2.05) is 84.9 Å². The van der Waals surface area contributed by atoms with Crippen LogP contribution < -0.4 is 27.6 Å². The fraction of sp³-hybridized carbons (Fsp3) is 0.184. The number of pyridine rings is 1. The second-order valence-corrected chi connectivity index (χ2v) is 11.1. The van der Waals surface area contributed by atoms with E-state index in [0.29, 0.717) is 24.2 Å². The lowest BCUT2D eigenvalue weighted by molar-refractivity contribution is -0.697. The van der Waals surface area contributed by atoms with E-state index < -0.39 is 0 Å². The summed E-state index contributed by atoms with van der Waals surface area (Å²) in [5.41, 5.74) is 11.5. The molecule has 0 saturated carbocycles. The first kappa shape index (κ1) is 30.7. The van der Waals surface area contributed by atoms with Crippen LogP contribution in [0.15, 0.2) is 109 Å². The summed E-state index contributed by atoms with van der Waals surface area (Å²) in [7, 11) is 0. The van der Waals surface area contributed by atoms with E-state index in [9.17, 15) is 9.59 Å². The molecule has 0 unspecified atom stereocenters. The molecule has 0 fully saturated rings. The zero-order valence-electron chi connectivity index (χ0n) is 25.1. The third-order valence-electron chi connectivity index (χ3n) is 8.58. The number of amides is 2. The number of hydrogen-bond acceptors (Lipinski definition) is 2. The highest BCUT2D eigenvalue weighted by Gasteiger charge is 2.30. The summed E-state index contributed by atoms with van der Waals surface area (Å²) in [4.78, 5) is 26.3. The Kier molecular flexibility index (Phi) is 9.56. The second kappa shape index (κ2) is 13.7. The van der Waals surface area contributed by atoms with Gasteiger partial charge in [-0.05, 0) is 59.0 Å². The maximum absolute atomic E-state index is 13.1. The number of benzene rings is 4. The molecule has 0 saturated heterocycles. The Labute approximate surface area is 265 Å². The number of aromatic nitrogens is 1. The van der Waals surface area contributed by atoms with Gasteiger partial charge in [-0.1, -0.05) is 84.9 Å². The topological polar surface area (TPSA) is 62.1 Å². The molecule has 0 radical (unpaired) electrons. The minimum atomic E-state index is -0.0993. The number of nitrogens with zero attached hydrogens (tertiary/aromatic N) is 1. The van der Waals surface area contributed by atoms with Crippen LogP contribution in [0.3, 0.4) is 0 Å². The van der Waals surface area contributed by atoms with Crippen molar-refractivity contribution in [1.29, 1.82) is 0 Å². The standard InChI is InChI=1S/C38H35N3O2.ClH/c1-26-34(24-39-37(42)32-19-15-30(16-20-32)28-10-5-3-6-11-28)27(2)41-23-9-14-36(41)35(26)25-40-38(43)33-21-17-31(18-22-33)29-12-7-4-8-13-29;/h3-8,10-13,15-22H,9,14,23-25H2,1-2H3,(H-,39,40,42,43);1H. The Bertz CT molecular complexity index is 1770. The molecule has 2 N–H and O–H groups in total. The van der Waals surface area contributed by atoms with E-state index in [1.165, 1.54) is 11.4 Å². The molecular formula is C38H36ClN3O2. The summed E-state index contributed by atoms with van der Waals surface area (Å²) in [6, 6.07) is 35.8. The van der Waals surface area contributed by atoms with Crippen LogP contribution in [-0.4, -0.2) is 11.8 Å². The highest BCUT2D eigenvalue weighted by molar-refractivity contribution is 5.95. The number of fused-ring (bicyclic) bond motifs is 1. The van der Waals surface area contributed by atoms with E-state index in [0.717, 1.165) is 58.3 Å². The van der Waals surface area contributed by atoms with Gasteiger partial charge >= 0.3 is 0 Å². The van der Waals surface area contributed by atoms with E-state index in [4.69, 9.17) is 0 Å². The van der Waals surface area contributed by atoms with Gasteiger partial charge in [-0.15, -0.1) is 0 Å². The van der Waals surface area contributed by atoms with Crippen LogP contribution >= 0.6 is 0 Å². The van der Waals surface area contributed by atoms with Gasteiger partial charge in [0.15, 0.2) is 11.4 Å². The molecule has 222 valence electrons. The van der Waals surface area contributed by atoms with Crippen molar-refractivity contribution in [2.45, 2.75) is 46.3 Å². The molecular weight excluding hydrogens is 566 g/mol. The summed E-state index contributed by atoms with van der Waals surface area (Å²) in [6.07, 6.45) is 2.06. The first-order valence-corrected chi connectivity index (χ1v) is 14.9. The number of nitrogens with one attached hydrogen (secondary N) is 2. The molecule has 44 heavy (non-hydrogen) atoms. The fourth-order valence-electron chi connectivity index (χ4n) is 6.12. The van der Waals surface area contributed by atoms with Gasteiger partial charge < -0.3 is 23.0 Å². The summed E-state index contributed by atoms with van der Waals surface area (Å²) >= 11 is 0. The lowest BCUT2D eigenvalue weighted by Gasteiger charge is -2.17. The summed E-state index contributed by atoms with van der Waals surface area (Å²) in [6.45, 7) is 6.07. The molecule has 6 rings (SSSR count). The highest BCUT2D eigenvalue weighted by Crippen LogP contribution is 2.24. The molecule has 0 aliphatic carbocycles. The summed E-state index contributed by atoms with van der Waals surface area (Å²) in [5, 5.41) is 6.31. The van der Waals surface area contributed by atoms with Gasteiger partial charge in [0.1, 0.15) is 6.54 Å². The molecule has 2 heterocycles. The Morgan fingerprint density at radius 1 is 0.614 bits per heavy atom. The summed E-state index contributed by atoms with van der Waals surface area (Å²) in [5.74, 6) is -0.192. The zero-order valence-corrected chi connectivity index (χ0v) is 25.8. The average Bonchev–Trinajstić information content (AvgIpc) is 3.56. The Morgan fingerprint density at radius 3 is 1.52 bits per heavy atom. The van der Waals surface area contributed by atoms with Gasteiger partial charge in [-0.2, -0.15) is 4.57 Å². The molecule has 6 heteroatoms. The molecule has 0 spiro atoms. The predicted octanol–water partition coefficient (Wildman–Crippen LogP) is 3.74. The van der Waals surface area contributed by atoms with Gasteiger partial charge in [-0.25, -0.2) is 0 Å². The first-order valence-electron chi connectivity index (χ1n) is 14.9. The highest BCUT2D eigenvalue weighted by atomic mass is 35.5. The van der Waals surface area contributed by atoms with Crippen molar-refractivity contribution >= 4 is 11.8 Å². The van der Waals surface area contributed by atoms with Crippen molar-refractivity contribution < 1.29 is 26.6 Å². The molecule has 1 aliphatic rings. The number of hydrogen-bond donors (Lipinski definition) is 2. The smallest absolute Gasteiger partial charge is 0.251 e. The first-order chi connectivity index (χ1) is 21.0. The van der Waals surface area contributed by atoms with E-state index in [-0.39, 0.29) is 24.2 Å². The van der Waals surface area contributed by atoms with Crippen LogP contribution in [0.2, 0.25) is 0 Å². The molecule has 5 aromatic rings. The Hall–Kier alpha value is -4.74. The van der Waals surface area contributed by atoms with Gasteiger partial charge in [0.2, 0.25) is 0 Å². The lowest BCUT2D eigenvalue weighted by Crippen LogP contribution is -3.00. The Morgan fingerprint density at radius 2 is 1.05 bits per heavy atom. The van der Waals surface area contributed by atoms with Crippen LogP contribution in [0.25, 0.3) is 22.3 Å². The predicted molar refractivity (Wildman–Crippen MR) is 171 cm³/mol. The average molecular weight is 602 g/mol. The monoisotopic (exact) mass is 601 g/mol. The van der Waals surface area contributed by atoms with Gasteiger partial charge in [0.25, 0.3) is 11.8 Å². The van der Waals surface area contributed by atoms with E-state index in [2.05, 4.69) is 53.3 Å². The number of halogens is 1. The SMILES string of the molecule is Cc1c(CNC(=O)c2ccc(-c3ccccc3)cc2)c(C)[n+]2c(c1CNC(=O)c1ccc(-c3ccccc3)cc1)CCC2.[Cl-]. The van der Waals surface area contributed by atoms with Crippen molar-refractivity contribution in [2.24, 2.45) is 0 Å². The maximum atomic E-state index is 13.1. The molecule has 2 amide bonds. The molecule has 1 aromatic heterocycles. The number of carbonyl (C=O) groups excluding carboxylic acids is 2. The summed E-state index contributed by atoms with van der Waals surface area (Å²) < 4.78 is 2.36. The number of rotatable bonds is 8. The molecule has 1 aliphatic heterocycles. The van der Waals surface area contributed by atoms with E-state index >= 15 is 0 Å². The van der Waals surface area contributed by atoms with Crippen molar-refractivity contribution in [1.82, 2.24) is 10.6 Å². The van der Waals surface area contributed by atoms with Crippen molar-refractivity contribution in [2.75, 3.05) is 0 Å². The zero-order chi connectivity index (χ0) is 29.8. The Balaban J connectivity index is 0.00000384. The molecule has 0 atom stereocenters. The minimum Gasteiger partial charge on any atom is -1.00 e. The van der Waals surface area contributed by atoms with E-state index in [1.54, 1.807) is 0 Å². The lowest BCUT2D eigenvalue weighted by atomic mass is 9.97. The van der Waals surface area contributed by atoms with Crippen LogP contribution in [0.1, 0.15) is 55.2 Å². The van der Waals surface area contributed by atoms with Crippen LogP contribution in [0.5, 0.6) is 0 Å². The van der Waals surface area contributed by atoms with Gasteiger partial charge in [-0.3, -0.25) is 9.59 Å². The third kappa shape index (κ3) is 6.43. The van der Waals surface area contributed by atoms with Gasteiger partial charge in [0, 0.05) is 55.1 Å². The fourth-order valence-corrected chi connectivity index (χ4v) is 6.12. The van der Waals surface area contributed by atoms with Gasteiger partial charge in [0.05, 0.1) is 0 Å². The third-order valence-corrected chi connectivity index (χ3v) is 8.58. The second-order valence-electron chi connectivity index (χ2n) is 11.1. The van der Waals surface area contributed by atoms with Crippen molar-refractivity contribution in [3.63, 3.8) is 0 Å². The maximum Gasteiger partial charge on any atom is 0.251 e. The largest absolute Gasteiger partial charge is 1.00 e. The van der Waals surface area contributed by atoms with Crippen molar-refractivity contribution in [3.8, 4) is 22.3 Å². The molecule has 0 bridgehead atoms. The number of carbonyl (C=O) groups is 2. The minimum absolute atomic E-state index is 0. The van der Waals surface area contributed by atoms with Crippen molar-refractivity contribution in [3.05, 3.63) is 148 Å². The molecule has 4 aromatic carbocycles. The van der Waals surface area contributed by atoms with Crippen LogP contribution in [-0.2, 0) is 26.1 Å². The molecule has 5 nitrogen and oxygen atoms in total. The van der Waals surface area contributed by atoms with Crippen LogP contribution in [0, 0.1) is 13.8 Å². The normalized spacial score (nSPS) is 11.8. The quantitative estimate of drug-likeness (QED) is 0.266.